The van der Waals surface area contributed by atoms with Gasteiger partial charge in [-0.1, -0.05) is 26.0 Å². The Labute approximate surface area is 110 Å². The lowest BCUT2D eigenvalue weighted by Gasteiger charge is -2.58. The van der Waals surface area contributed by atoms with Crippen LogP contribution in [0.5, 0.6) is 0 Å². The van der Waals surface area contributed by atoms with Crippen LogP contribution in [0.2, 0.25) is 0 Å². The highest BCUT2D eigenvalue weighted by Gasteiger charge is 2.60. The van der Waals surface area contributed by atoms with Crippen molar-refractivity contribution in [2.75, 3.05) is 13.2 Å². The predicted octanol–water partition coefficient (Wildman–Crippen LogP) is 3.16. The summed E-state index contributed by atoms with van der Waals surface area (Å²) in [6.45, 7) is 8.16. The molecule has 5 atom stereocenters. The van der Waals surface area contributed by atoms with Crippen LogP contribution in [0, 0.1) is 22.7 Å². The third-order valence-electron chi connectivity index (χ3n) is 6.29. The molecule has 0 aromatic heterocycles. The van der Waals surface area contributed by atoms with Gasteiger partial charge in [0.05, 0.1) is 12.2 Å². The van der Waals surface area contributed by atoms with Gasteiger partial charge in [-0.15, -0.1) is 0 Å². The van der Waals surface area contributed by atoms with Crippen molar-refractivity contribution in [1.29, 1.82) is 0 Å². The van der Waals surface area contributed by atoms with Gasteiger partial charge in [0.25, 0.3) is 0 Å². The molecule has 2 aliphatic carbocycles. The van der Waals surface area contributed by atoms with Crippen LogP contribution in [0.4, 0.5) is 0 Å². The zero-order chi connectivity index (χ0) is 13.0. The molecule has 0 spiro atoms. The topological polar surface area (TPSA) is 29.5 Å². The first kappa shape index (κ1) is 12.7. The number of fused-ring (bicyclic) bond motifs is 3. The molecule has 0 radical (unpaired) electrons. The maximum atomic E-state index is 9.83. The molecule has 2 nitrogen and oxygen atoms in total. The van der Waals surface area contributed by atoms with E-state index >= 15 is 0 Å². The summed E-state index contributed by atoms with van der Waals surface area (Å²) in [5.41, 5.74) is 0.361. The quantitative estimate of drug-likeness (QED) is 0.724. The zero-order valence-electron chi connectivity index (χ0n) is 11.9. The summed E-state index contributed by atoms with van der Waals surface area (Å²) in [7, 11) is 0. The number of allylic oxidation sites excluding steroid dienone is 1. The normalized spacial score (nSPS) is 55.1. The highest BCUT2D eigenvalue weighted by Crippen LogP contribution is 2.63. The van der Waals surface area contributed by atoms with Crippen LogP contribution in [-0.4, -0.2) is 23.9 Å². The maximum Gasteiger partial charge on any atom is 0.0688 e. The summed E-state index contributed by atoms with van der Waals surface area (Å²) in [4.78, 5) is 0. The third kappa shape index (κ3) is 1.48. The van der Waals surface area contributed by atoms with E-state index in [4.69, 9.17) is 4.74 Å². The Balaban J connectivity index is 2.01. The first-order valence-electron chi connectivity index (χ1n) is 7.37. The van der Waals surface area contributed by atoms with E-state index < -0.39 is 0 Å². The molecule has 1 aliphatic heterocycles. The van der Waals surface area contributed by atoms with Crippen LogP contribution < -0.4 is 0 Å². The van der Waals surface area contributed by atoms with E-state index in [2.05, 4.69) is 32.9 Å². The van der Waals surface area contributed by atoms with Gasteiger partial charge in [0.2, 0.25) is 0 Å². The van der Waals surface area contributed by atoms with Crippen LogP contribution in [-0.2, 0) is 4.74 Å². The monoisotopic (exact) mass is 250 g/mol. The molecule has 0 aromatic carbocycles. The number of hydrogen-bond acceptors (Lipinski definition) is 2. The van der Waals surface area contributed by atoms with E-state index in [1.807, 2.05) is 0 Å². The van der Waals surface area contributed by atoms with Crippen LogP contribution >= 0.6 is 0 Å². The lowest BCUT2D eigenvalue weighted by molar-refractivity contribution is -0.132. The Morgan fingerprint density at radius 1 is 1.22 bits per heavy atom. The molecule has 0 amide bonds. The maximum absolute atomic E-state index is 9.83. The van der Waals surface area contributed by atoms with E-state index in [-0.39, 0.29) is 17.6 Å². The molecule has 1 heterocycles. The van der Waals surface area contributed by atoms with E-state index in [0.29, 0.717) is 17.3 Å². The van der Waals surface area contributed by atoms with Crippen LogP contribution in [0.3, 0.4) is 0 Å². The molecule has 0 unspecified atom stereocenters. The van der Waals surface area contributed by atoms with Gasteiger partial charge in [-0.25, -0.2) is 0 Å². The van der Waals surface area contributed by atoms with Gasteiger partial charge in [0.15, 0.2) is 0 Å². The number of aliphatic hydroxyl groups is 1. The molecule has 102 valence electrons. The lowest BCUT2D eigenvalue weighted by Crippen LogP contribution is -2.56. The number of ether oxygens (including phenoxy) is 1. The van der Waals surface area contributed by atoms with Gasteiger partial charge in [-0.3, -0.25) is 0 Å². The standard InChI is InChI=1S/C16H26O2/c1-14(11-17)7-4-8-15(2)12(14)5-9-16(3)13(15)6-10-18-16/h4,7,12-13,17H,5-6,8-11H2,1-3H3/t12-,13+,14+,15-,16+/m1/s1. The Hall–Kier alpha value is -0.340. The van der Waals surface area contributed by atoms with Crippen molar-refractivity contribution in [3.63, 3.8) is 0 Å². The Morgan fingerprint density at radius 3 is 2.72 bits per heavy atom. The molecule has 3 aliphatic rings. The highest BCUT2D eigenvalue weighted by molar-refractivity contribution is 5.18. The average molecular weight is 250 g/mol. The van der Waals surface area contributed by atoms with Crippen molar-refractivity contribution >= 4 is 0 Å². The Kier molecular flexibility index (Phi) is 2.70. The first-order chi connectivity index (χ1) is 8.45. The molecule has 1 N–H and O–H groups in total. The van der Waals surface area contributed by atoms with Gasteiger partial charge >= 0.3 is 0 Å². The second-order valence-electron chi connectivity index (χ2n) is 7.37. The number of aliphatic hydroxyl groups excluding tert-OH is 1. The summed E-state index contributed by atoms with van der Waals surface area (Å²) in [6.07, 6.45) is 9.25. The molecular weight excluding hydrogens is 224 g/mol. The highest BCUT2D eigenvalue weighted by atomic mass is 16.5. The van der Waals surface area contributed by atoms with Gasteiger partial charge < -0.3 is 9.84 Å². The molecular formula is C16H26O2. The minimum Gasteiger partial charge on any atom is -0.395 e. The van der Waals surface area contributed by atoms with Gasteiger partial charge in [-0.2, -0.15) is 0 Å². The second kappa shape index (κ2) is 3.83. The van der Waals surface area contributed by atoms with E-state index in [9.17, 15) is 5.11 Å². The minimum atomic E-state index is -0.0308. The minimum absolute atomic E-state index is 0.0308. The molecule has 18 heavy (non-hydrogen) atoms. The average Bonchev–Trinajstić information content (AvgIpc) is 2.72. The Bertz CT molecular complexity index is 377. The fourth-order valence-electron chi connectivity index (χ4n) is 5.32. The van der Waals surface area contributed by atoms with Crippen molar-refractivity contribution in [2.24, 2.45) is 22.7 Å². The summed E-state index contributed by atoms with van der Waals surface area (Å²) >= 11 is 0. The molecule has 1 saturated heterocycles. The first-order valence-corrected chi connectivity index (χ1v) is 7.37. The van der Waals surface area contributed by atoms with Crippen molar-refractivity contribution in [2.45, 2.75) is 52.1 Å². The molecule has 3 rings (SSSR count). The summed E-state index contributed by atoms with van der Waals surface area (Å²) in [5.74, 6) is 1.25. The smallest absolute Gasteiger partial charge is 0.0688 e. The largest absolute Gasteiger partial charge is 0.395 e. The molecule has 2 heteroatoms. The van der Waals surface area contributed by atoms with Gasteiger partial charge in [0, 0.05) is 12.0 Å². The van der Waals surface area contributed by atoms with Crippen LogP contribution in [0.25, 0.3) is 0 Å². The second-order valence-corrected chi connectivity index (χ2v) is 7.37. The van der Waals surface area contributed by atoms with E-state index in [1.165, 1.54) is 12.8 Å². The summed E-state index contributed by atoms with van der Waals surface area (Å²) < 4.78 is 6.07. The van der Waals surface area contributed by atoms with E-state index in [1.54, 1.807) is 0 Å². The number of rotatable bonds is 1. The van der Waals surface area contributed by atoms with Crippen LogP contribution in [0.1, 0.15) is 46.5 Å². The molecule has 0 aromatic rings. The summed E-state index contributed by atoms with van der Waals surface area (Å²) in [5, 5.41) is 9.83. The van der Waals surface area contributed by atoms with Crippen LogP contribution in [0.15, 0.2) is 12.2 Å². The fraction of sp³-hybridized carbons (Fsp3) is 0.875. The lowest BCUT2D eigenvalue weighted by atomic mass is 9.47. The molecule has 1 saturated carbocycles. The van der Waals surface area contributed by atoms with Crippen molar-refractivity contribution in [3.05, 3.63) is 12.2 Å². The Morgan fingerprint density at radius 2 is 2.00 bits per heavy atom. The van der Waals surface area contributed by atoms with Crippen molar-refractivity contribution in [3.8, 4) is 0 Å². The van der Waals surface area contributed by atoms with Crippen molar-refractivity contribution < 1.29 is 9.84 Å². The predicted molar refractivity (Wildman–Crippen MR) is 72.2 cm³/mol. The molecule has 0 bridgehead atoms. The van der Waals surface area contributed by atoms with E-state index in [0.717, 1.165) is 19.4 Å². The fourth-order valence-corrected chi connectivity index (χ4v) is 5.32. The SMILES string of the molecule is C[C@@]12CC=C[C@@](C)(CO)[C@H]1CC[C@]1(C)OCC[C@@H]21. The number of hydrogen-bond donors (Lipinski definition) is 1. The molecule has 2 fully saturated rings. The zero-order valence-corrected chi connectivity index (χ0v) is 11.9. The van der Waals surface area contributed by atoms with Crippen molar-refractivity contribution in [1.82, 2.24) is 0 Å². The summed E-state index contributed by atoms with van der Waals surface area (Å²) in [6, 6.07) is 0. The third-order valence-corrected chi connectivity index (χ3v) is 6.29. The van der Waals surface area contributed by atoms with Gasteiger partial charge in [-0.05, 0) is 49.9 Å². The van der Waals surface area contributed by atoms with Gasteiger partial charge in [0.1, 0.15) is 0 Å².